The molecule has 0 amide bonds. The number of likely N-dealkylation sites (N-methyl/N-ethyl adjacent to an activating group) is 1. The smallest absolute Gasteiger partial charge is 0.181 e. The molecule has 2 N–H and O–H groups in total. The van der Waals surface area contributed by atoms with Crippen molar-refractivity contribution in [2.45, 2.75) is 29.9 Å². The lowest BCUT2D eigenvalue weighted by Gasteiger charge is -2.16. The van der Waals surface area contributed by atoms with Crippen LogP contribution in [0.3, 0.4) is 0 Å². The molecule has 1 saturated carbocycles. The topological polar surface area (TPSA) is 95.5 Å². The van der Waals surface area contributed by atoms with E-state index in [-0.39, 0.29) is 11.9 Å². The van der Waals surface area contributed by atoms with Crippen molar-refractivity contribution in [2.75, 3.05) is 33.4 Å². The zero-order valence-electron chi connectivity index (χ0n) is 19.4. The van der Waals surface area contributed by atoms with Gasteiger partial charge in [0.1, 0.15) is 18.0 Å². The van der Waals surface area contributed by atoms with Crippen LogP contribution in [0.1, 0.15) is 18.4 Å². The maximum absolute atomic E-state index is 12.9. The summed E-state index contributed by atoms with van der Waals surface area (Å²) in [7, 11) is -1.34. The van der Waals surface area contributed by atoms with E-state index in [0.717, 1.165) is 51.5 Å². The number of hydrogen-bond donors (Lipinski definition) is 2. The predicted molar refractivity (Wildman–Crippen MR) is 134 cm³/mol. The minimum atomic E-state index is -3.29. The van der Waals surface area contributed by atoms with Crippen molar-refractivity contribution in [1.29, 1.82) is 0 Å². The van der Waals surface area contributed by atoms with Gasteiger partial charge in [0.25, 0.3) is 0 Å². The largest absolute Gasteiger partial charge is 0.490 e. The summed E-state index contributed by atoms with van der Waals surface area (Å²) in [4.78, 5) is 10.4. The normalized spacial score (nSPS) is 14.4. The van der Waals surface area contributed by atoms with Crippen LogP contribution in [0.4, 0.5) is 0 Å². The van der Waals surface area contributed by atoms with Crippen LogP contribution >= 0.6 is 0 Å². The Morgan fingerprint density at radius 1 is 1.18 bits per heavy atom. The lowest BCUT2D eigenvalue weighted by atomic mass is 9.99. The number of fused-ring (bicyclic) bond motifs is 3. The molecule has 1 aliphatic rings. The fourth-order valence-electron chi connectivity index (χ4n) is 4.33. The molecule has 2 aromatic heterocycles. The molecule has 8 heteroatoms. The lowest BCUT2D eigenvalue weighted by molar-refractivity contribution is 0.193. The number of H-pyrrole nitrogens is 1. The molecule has 34 heavy (non-hydrogen) atoms. The number of rotatable bonds is 9. The molecule has 178 valence electrons. The van der Waals surface area contributed by atoms with E-state index >= 15 is 0 Å². The SMILES string of the molecule is Cc1cnc2[nH]c3c(OCCN(C)CCO)ccc(-c4cccc(S(=O)(=O)C5CC5)c4)c3c2c1. The zero-order chi connectivity index (χ0) is 23.9. The van der Waals surface area contributed by atoms with E-state index in [1.54, 1.807) is 12.1 Å². The molecular formula is C26H29N3O4S. The average Bonchev–Trinajstić information content (AvgIpc) is 3.62. The van der Waals surface area contributed by atoms with Crippen molar-refractivity contribution in [3.63, 3.8) is 0 Å². The van der Waals surface area contributed by atoms with Gasteiger partial charge in [-0.25, -0.2) is 13.4 Å². The van der Waals surface area contributed by atoms with Gasteiger partial charge in [-0.15, -0.1) is 0 Å². The van der Waals surface area contributed by atoms with Crippen molar-refractivity contribution in [2.24, 2.45) is 0 Å². The maximum atomic E-state index is 12.9. The van der Waals surface area contributed by atoms with Crippen molar-refractivity contribution in [3.05, 3.63) is 54.2 Å². The Bertz CT molecular complexity index is 1460. The fraction of sp³-hybridized carbons (Fsp3) is 0.346. The highest BCUT2D eigenvalue weighted by Gasteiger charge is 2.37. The number of aromatic amines is 1. The van der Waals surface area contributed by atoms with Gasteiger partial charge in [0.15, 0.2) is 9.84 Å². The van der Waals surface area contributed by atoms with E-state index in [1.807, 2.05) is 49.3 Å². The third-order valence-electron chi connectivity index (χ3n) is 6.35. The van der Waals surface area contributed by atoms with E-state index in [2.05, 4.69) is 16.0 Å². The first kappa shape index (κ1) is 22.8. The molecule has 7 nitrogen and oxygen atoms in total. The number of ether oxygens (including phenoxy) is 1. The van der Waals surface area contributed by atoms with Crippen LogP contribution in [0.25, 0.3) is 33.1 Å². The Labute approximate surface area is 199 Å². The van der Waals surface area contributed by atoms with E-state index in [0.29, 0.717) is 30.3 Å². The number of aromatic nitrogens is 2. The molecule has 5 rings (SSSR count). The first-order valence-electron chi connectivity index (χ1n) is 11.6. The van der Waals surface area contributed by atoms with Gasteiger partial charge in [-0.05, 0) is 73.8 Å². The monoisotopic (exact) mass is 479 g/mol. The van der Waals surface area contributed by atoms with Crippen LogP contribution in [-0.2, 0) is 9.84 Å². The molecule has 0 aliphatic heterocycles. The molecule has 1 fully saturated rings. The quantitative estimate of drug-likeness (QED) is 0.378. The summed E-state index contributed by atoms with van der Waals surface area (Å²) in [5, 5.41) is 10.8. The minimum absolute atomic E-state index is 0.109. The van der Waals surface area contributed by atoms with E-state index in [4.69, 9.17) is 9.84 Å². The summed E-state index contributed by atoms with van der Waals surface area (Å²) >= 11 is 0. The Balaban J connectivity index is 1.60. The van der Waals surface area contributed by atoms with Gasteiger partial charge < -0.3 is 19.7 Å². The second kappa shape index (κ2) is 9.02. The van der Waals surface area contributed by atoms with Crippen molar-refractivity contribution in [3.8, 4) is 16.9 Å². The van der Waals surface area contributed by atoms with Gasteiger partial charge in [0.2, 0.25) is 0 Å². The third-order valence-corrected chi connectivity index (χ3v) is 8.61. The standard InChI is InChI=1S/C26H29N3O4S/c1-17-14-22-24-21(18-4-3-5-20(15-18)34(31,32)19-6-7-19)8-9-23(25(24)28-26(22)27-16-17)33-13-11-29(2)10-12-30/h3-5,8-9,14-16,19,30H,6-7,10-13H2,1-2H3,(H,27,28). The second-order valence-corrected chi connectivity index (χ2v) is 11.3. The molecule has 1 aliphatic carbocycles. The summed E-state index contributed by atoms with van der Waals surface area (Å²) in [6, 6.07) is 13.3. The summed E-state index contributed by atoms with van der Waals surface area (Å²) in [6.07, 6.45) is 3.30. The molecule has 2 heterocycles. The molecule has 2 aromatic carbocycles. The van der Waals surface area contributed by atoms with Gasteiger partial charge in [0.05, 0.1) is 22.3 Å². The summed E-state index contributed by atoms with van der Waals surface area (Å²) < 4.78 is 31.9. The van der Waals surface area contributed by atoms with Gasteiger partial charge >= 0.3 is 0 Å². The van der Waals surface area contributed by atoms with E-state index in [9.17, 15) is 8.42 Å². The van der Waals surface area contributed by atoms with Gasteiger partial charge in [-0.1, -0.05) is 12.1 Å². The molecule has 0 saturated heterocycles. The number of benzene rings is 2. The molecule has 0 bridgehead atoms. The Morgan fingerprint density at radius 2 is 2.00 bits per heavy atom. The average molecular weight is 480 g/mol. The number of aliphatic hydroxyl groups is 1. The minimum Gasteiger partial charge on any atom is -0.490 e. The fourth-order valence-corrected chi connectivity index (χ4v) is 6.03. The highest BCUT2D eigenvalue weighted by molar-refractivity contribution is 7.92. The second-order valence-electron chi connectivity index (χ2n) is 9.04. The van der Waals surface area contributed by atoms with Gasteiger partial charge in [-0.2, -0.15) is 0 Å². The van der Waals surface area contributed by atoms with Crippen LogP contribution in [0.5, 0.6) is 5.75 Å². The highest BCUT2D eigenvalue weighted by atomic mass is 32.2. The number of hydrogen-bond acceptors (Lipinski definition) is 6. The van der Waals surface area contributed by atoms with Crippen molar-refractivity contribution >= 4 is 31.8 Å². The van der Waals surface area contributed by atoms with E-state index < -0.39 is 9.84 Å². The Morgan fingerprint density at radius 3 is 2.76 bits per heavy atom. The Hall–Kier alpha value is -2.94. The third kappa shape index (κ3) is 4.29. The lowest BCUT2D eigenvalue weighted by Crippen LogP contribution is -2.27. The zero-order valence-corrected chi connectivity index (χ0v) is 20.2. The van der Waals surface area contributed by atoms with Crippen LogP contribution in [0.2, 0.25) is 0 Å². The van der Waals surface area contributed by atoms with Crippen LogP contribution in [-0.4, -0.2) is 67.0 Å². The van der Waals surface area contributed by atoms with Crippen molar-refractivity contribution < 1.29 is 18.3 Å². The Kier molecular flexibility index (Phi) is 6.06. The van der Waals surface area contributed by atoms with Crippen LogP contribution < -0.4 is 4.74 Å². The molecule has 0 spiro atoms. The summed E-state index contributed by atoms with van der Waals surface area (Å²) in [5.41, 5.74) is 4.43. The predicted octanol–water partition coefficient (Wildman–Crippen LogP) is 3.93. The van der Waals surface area contributed by atoms with Gasteiger partial charge in [0, 0.05) is 30.1 Å². The van der Waals surface area contributed by atoms with Crippen molar-refractivity contribution in [1.82, 2.24) is 14.9 Å². The van der Waals surface area contributed by atoms with Crippen LogP contribution in [0.15, 0.2) is 53.6 Å². The van der Waals surface area contributed by atoms with Gasteiger partial charge in [-0.3, -0.25) is 0 Å². The number of nitrogens with one attached hydrogen (secondary N) is 1. The highest BCUT2D eigenvalue weighted by Crippen LogP contribution is 2.40. The van der Waals surface area contributed by atoms with E-state index in [1.165, 1.54) is 0 Å². The molecule has 4 aromatic rings. The molecular weight excluding hydrogens is 450 g/mol. The number of aliphatic hydroxyl groups excluding tert-OH is 1. The van der Waals surface area contributed by atoms with Crippen LogP contribution in [0, 0.1) is 6.92 Å². The summed E-state index contributed by atoms with van der Waals surface area (Å²) in [5.74, 6) is 0.716. The number of pyridine rings is 1. The number of aryl methyl sites for hydroxylation is 1. The summed E-state index contributed by atoms with van der Waals surface area (Å²) in [6.45, 7) is 3.86. The maximum Gasteiger partial charge on any atom is 0.181 e. The first-order chi connectivity index (χ1) is 16.4. The number of nitrogens with zero attached hydrogens (tertiary/aromatic N) is 2. The first-order valence-corrected chi connectivity index (χ1v) is 13.1. The molecule has 0 unspecified atom stereocenters. The number of sulfone groups is 1. The molecule has 0 atom stereocenters. The molecule has 0 radical (unpaired) electrons.